The van der Waals surface area contributed by atoms with Crippen LogP contribution in [0.2, 0.25) is 0 Å². The van der Waals surface area contributed by atoms with Crippen molar-refractivity contribution in [1.29, 1.82) is 26.3 Å². The molecule has 0 aliphatic carbocycles. The number of alkyl halides is 6. The summed E-state index contributed by atoms with van der Waals surface area (Å²) in [5.41, 5.74) is 3.28. The second-order valence-corrected chi connectivity index (χ2v) is 19.0. The van der Waals surface area contributed by atoms with Gasteiger partial charge in [0.1, 0.15) is 0 Å². The standard InChI is InChI=1S/C67H33F6N7/c68-66(69,70)57-18-9-19-58(67(71,72)73)65(57)52-33-64(80-61-26-22-41(50-16-7-3-12-45(50)36-76)30-55(61)56-31-42(23-27-62(56)80)51-17-8-4-13-46(51)37-77)63(32-47(52)38-78)79-59-24-20-39(48-14-5-1-10-43(48)34-74)28-53(59)54-29-40(21-25-60(54)79)49-15-6-2-11-44(49)35-75/h1-33H. The number of hydrogen-bond acceptors (Lipinski definition) is 5. The van der Waals surface area contributed by atoms with Gasteiger partial charge in [0.05, 0.1) is 103 Å². The van der Waals surface area contributed by atoms with Crippen LogP contribution < -0.4 is 0 Å². The predicted molar refractivity (Wildman–Crippen MR) is 296 cm³/mol. The smallest absolute Gasteiger partial charge is 0.307 e. The monoisotopic (exact) mass is 1050 g/mol. The first-order valence-corrected chi connectivity index (χ1v) is 24.8. The van der Waals surface area contributed by atoms with Crippen LogP contribution in [0, 0.1) is 56.7 Å². The minimum Gasteiger partial charge on any atom is -0.307 e. The Kier molecular flexibility index (Phi) is 11.9. The Balaban J connectivity index is 1.26. The van der Waals surface area contributed by atoms with Gasteiger partial charge in [-0.3, -0.25) is 0 Å². The molecule has 0 atom stereocenters. The summed E-state index contributed by atoms with van der Waals surface area (Å²) in [4.78, 5) is 0. The number of benzene rings is 10. The van der Waals surface area contributed by atoms with Gasteiger partial charge in [-0.15, -0.1) is 0 Å². The van der Waals surface area contributed by atoms with Gasteiger partial charge in [0.25, 0.3) is 0 Å². The van der Waals surface area contributed by atoms with E-state index in [0.717, 1.165) is 0 Å². The molecule has 0 bridgehead atoms. The molecule has 10 aromatic carbocycles. The van der Waals surface area contributed by atoms with E-state index < -0.39 is 40.2 Å². The highest BCUT2D eigenvalue weighted by Gasteiger charge is 2.42. The Morgan fingerprint density at radius 1 is 0.287 bits per heavy atom. The van der Waals surface area contributed by atoms with Crippen LogP contribution in [0.1, 0.15) is 38.9 Å². The Labute approximate surface area is 452 Å². The molecule has 0 fully saturated rings. The molecule has 2 aromatic heterocycles. The van der Waals surface area contributed by atoms with E-state index in [4.69, 9.17) is 0 Å². The highest BCUT2D eigenvalue weighted by atomic mass is 19.4. The van der Waals surface area contributed by atoms with Crippen LogP contribution in [0.3, 0.4) is 0 Å². The first-order valence-electron chi connectivity index (χ1n) is 24.8. The third-order valence-corrected chi connectivity index (χ3v) is 14.6. The van der Waals surface area contributed by atoms with Crippen LogP contribution in [-0.4, -0.2) is 9.13 Å². The van der Waals surface area contributed by atoms with Crippen LogP contribution in [-0.2, 0) is 12.4 Å². The summed E-state index contributed by atoms with van der Waals surface area (Å²) in [7, 11) is 0. The summed E-state index contributed by atoms with van der Waals surface area (Å²) in [5, 5.41) is 54.4. The van der Waals surface area contributed by atoms with Crippen molar-refractivity contribution in [3.63, 3.8) is 0 Å². The molecular weight excluding hydrogens is 1020 g/mol. The number of nitrogens with zero attached hydrogens (tertiary/aromatic N) is 7. The van der Waals surface area contributed by atoms with Crippen LogP contribution in [0.25, 0.3) is 111 Å². The molecule has 378 valence electrons. The van der Waals surface area contributed by atoms with E-state index in [1.54, 1.807) is 114 Å². The maximum absolute atomic E-state index is 15.3. The van der Waals surface area contributed by atoms with Crippen LogP contribution in [0.4, 0.5) is 26.3 Å². The van der Waals surface area contributed by atoms with E-state index in [2.05, 4.69) is 24.3 Å². The molecule has 0 unspecified atom stereocenters. The zero-order valence-electron chi connectivity index (χ0n) is 41.5. The Hall–Kier alpha value is -11.2. The third-order valence-electron chi connectivity index (χ3n) is 14.6. The summed E-state index contributed by atoms with van der Waals surface area (Å²) >= 11 is 0. The Morgan fingerprint density at radius 2 is 0.575 bits per heavy atom. The largest absolute Gasteiger partial charge is 0.417 e. The summed E-state index contributed by atoms with van der Waals surface area (Å²) in [6.07, 6.45) is -10.6. The van der Waals surface area contributed by atoms with Crippen molar-refractivity contribution in [3.8, 4) is 97.4 Å². The predicted octanol–water partition coefficient (Wildman–Crippen LogP) is 17.6. The fourth-order valence-corrected chi connectivity index (χ4v) is 11.1. The average molecular weight is 1050 g/mol. The molecule has 13 heteroatoms. The Morgan fingerprint density at radius 3 is 0.863 bits per heavy atom. The van der Waals surface area contributed by atoms with Crippen molar-refractivity contribution in [1.82, 2.24) is 9.13 Å². The van der Waals surface area contributed by atoms with Crippen molar-refractivity contribution < 1.29 is 26.3 Å². The number of rotatable bonds is 7. The molecule has 0 saturated carbocycles. The molecule has 0 aliphatic rings. The first-order chi connectivity index (χ1) is 38.7. The maximum atomic E-state index is 15.3. The Bertz CT molecular complexity index is 4570. The lowest BCUT2D eigenvalue weighted by Gasteiger charge is -2.23. The van der Waals surface area contributed by atoms with E-state index in [1.807, 2.05) is 71.3 Å². The van der Waals surface area contributed by atoms with Gasteiger partial charge >= 0.3 is 12.4 Å². The fraction of sp³-hybridized carbons (Fsp3) is 0.0299. The van der Waals surface area contributed by atoms with E-state index in [1.165, 1.54) is 12.1 Å². The molecule has 0 N–H and O–H groups in total. The van der Waals surface area contributed by atoms with Crippen molar-refractivity contribution in [3.05, 3.63) is 239 Å². The molecule has 0 radical (unpaired) electrons. The van der Waals surface area contributed by atoms with E-state index >= 15 is 26.3 Å². The van der Waals surface area contributed by atoms with Crippen molar-refractivity contribution >= 4 is 43.6 Å². The van der Waals surface area contributed by atoms with Gasteiger partial charge in [-0.05, 0) is 142 Å². The molecule has 0 aliphatic heterocycles. The topological polar surface area (TPSA) is 129 Å². The van der Waals surface area contributed by atoms with Crippen LogP contribution in [0.5, 0.6) is 0 Å². The van der Waals surface area contributed by atoms with Crippen molar-refractivity contribution in [2.75, 3.05) is 0 Å². The van der Waals surface area contributed by atoms with E-state index in [0.29, 0.717) is 129 Å². The number of nitriles is 5. The van der Waals surface area contributed by atoms with Gasteiger partial charge in [0.15, 0.2) is 0 Å². The molecule has 0 saturated heterocycles. The normalized spacial score (nSPS) is 11.6. The fourth-order valence-electron chi connectivity index (χ4n) is 11.1. The summed E-state index contributed by atoms with van der Waals surface area (Å²) in [5.74, 6) is 0. The van der Waals surface area contributed by atoms with Gasteiger partial charge in [-0.1, -0.05) is 103 Å². The van der Waals surface area contributed by atoms with E-state index in [9.17, 15) is 26.3 Å². The summed E-state index contributed by atoms with van der Waals surface area (Å²) in [6, 6.07) is 65.5. The molecule has 0 amide bonds. The number of halogens is 6. The highest BCUT2D eigenvalue weighted by molar-refractivity contribution is 6.14. The number of fused-ring (bicyclic) bond motifs is 6. The lowest BCUT2D eigenvalue weighted by molar-refractivity contribution is -0.142. The lowest BCUT2D eigenvalue weighted by atomic mass is 9.89. The number of hydrogen-bond donors (Lipinski definition) is 0. The number of aromatic nitrogens is 2. The molecule has 7 nitrogen and oxygen atoms in total. The zero-order valence-corrected chi connectivity index (χ0v) is 41.5. The first kappa shape index (κ1) is 49.7. The molecule has 2 heterocycles. The molecule has 12 aromatic rings. The minimum absolute atomic E-state index is 0.0797. The van der Waals surface area contributed by atoms with Crippen LogP contribution in [0.15, 0.2) is 200 Å². The highest BCUT2D eigenvalue weighted by Crippen LogP contribution is 2.49. The lowest BCUT2D eigenvalue weighted by Crippen LogP contribution is -2.15. The summed E-state index contributed by atoms with van der Waals surface area (Å²) < 4.78 is 95.5. The average Bonchev–Trinajstić information content (AvgIpc) is 4.22. The minimum atomic E-state index is -5.31. The molecular formula is C67H33F6N7. The van der Waals surface area contributed by atoms with Gasteiger partial charge in [0, 0.05) is 32.7 Å². The molecule has 12 rings (SSSR count). The van der Waals surface area contributed by atoms with Gasteiger partial charge in [0.2, 0.25) is 0 Å². The zero-order chi connectivity index (χ0) is 55.6. The molecule has 0 spiro atoms. The third kappa shape index (κ3) is 8.12. The van der Waals surface area contributed by atoms with Gasteiger partial charge in [-0.25, -0.2) is 0 Å². The quantitative estimate of drug-likeness (QED) is 0.147. The van der Waals surface area contributed by atoms with Crippen LogP contribution >= 0.6 is 0 Å². The maximum Gasteiger partial charge on any atom is 0.417 e. The van der Waals surface area contributed by atoms with Gasteiger partial charge in [-0.2, -0.15) is 52.7 Å². The van der Waals surface area contributed by atoms with Crippen molar-refractivity contribution in [2.24, 2.45) is 0 Å². The second-order valence-electron chi connectivity index (χ2n) is 19.0. The van der Waals surface area contributed by atoms with Gasteiger partial charge < -0.3 is 9.13 Å². The summed E-state index contributed by atoms with van der Waals surface area (Å²) in [6.45, 7) is 0. The second kappa shape index (κ2) is 19.1. The SMILES string of the molecule is N#Cc1ccccc1-c1ccc2c(c1)c1cc(-c3ccccc3C#N)ccc1n2-c1cc(C#N)c(-c2c(C(F)(F)F)cccc2C(F)(F)F)cc1-n1c2ccc(-c3ccccc3C#N)cc2c2cc(-c3ccccc3C#N)ccc21. The van der Waals surface area contributed by atoms with E-state index in [-0.39, 0.29) is 11.4 Å². The molecule has 80 heavy (non-hydrogen) atoms. The van der Waals surface area contributed by atoms with Crippen molar-refractivity contribution in [2.45, 2.75) is 12.4 Å².